The molecule has 0 aromatic carbocycles. The Morgan fingerprint density at radius 1 is 1.62 bits per heavy atom. The minimum absolute atomic E-state index is 0. The molecular weight excluding hydrogens is 118 g/mol. The molecule has 1 N–H and O–H groups in total. The molecule has 8 heavy (non-hydrogen) atoms. The normalized spacial score (nSPS) is 7.25. The lowest BCUT2D eigenvalue weighted by atomic mass is 10.5. The van der Waals surface area contributed by atoms with Gasteiger partial charge in [0, 0.05) is 6.92 Å². The zero-order valence-corrected chi connectivity index (χ0v) is 4.82. The fraction of sp³-hybridized carbons (Fsp3) is 0.800. The van der Waals surface area contributed by atoms with Crippen LogP contribution in [-0.2, 0) is 4.74 Å². The second-order valence-corrected chi connectivity index (χ2v) is 1.40. The van der Waals surface area contributed by atoms with Gasteiger partial charge in [-0.3, -0.25) is 5.41 Å². The van der Waals surface area contributed by atoms with Crippen LogP contribution in [0.2, 0.25) is 0 Å². The van der Waals surface area contributed by atoms with Crippen LogP contribution in [0.25, 0.3) is 0 Å². The van der Waals surface area contributed by atoms with E-state index in [0.29, 0.717) is 12.5 Å². The van der Waals surface area contributed by atoms with Crippen LogP contribution < -0.4 is 0 Å². The molecule has 0 aliphatic carbocycles. The van der Waals surface area contributed by atoms with Gasteiger partial charge in [0.1, 0.15) is 0 Å². The number of rotatable bonds is 2. The van der Waals surface area contributed by atoms with Gasteiger partial charge < -0.3 is 4.74 Å². The van der Waals surface area contributed by atoms with Gasteiger partial charge in [0.25, 0.3) is 0 Å². The van der Waals surface area contributed by atoms with Crippen molar-refractivity contribution in [1.82, 2.24) is 0 Å². The Balaban J connectivity index is 0. The largest absolute Gasteiger partial charge is 0.481 e. The van der Waals surface area contributed by atoms with E-state index in [1.807, 2.05) is 6.92 Å². The summed E-state index contributed by atoms with van der Waals surface area (Å²) >= 11 is 0. The van der Waals surface area contributed by atoms with Crippen molar-refractivity contribution < 1.29 is 4.74 Å². The first-order valence-electron chi connectivity index (χ1n) is 2.45. The maximum absolute atomic E-state index is 6.78. The third-order valence-electron chi connectivity index (χ3n) is 0.523. The molecule has 0 saturated heterocycles. The van der Waals surface area contributed by atoms with Crippen LogP contribution in [0.3, 0.4) is 0 Å². The Morgan fingerprint density at radius 3 is 2.25 bits per heavy atom. The lowest BCUT2D eigenvalue weighted by Gasteiger charge is -1.97. The summed E-state index contributed by atoms with van der Waals surface area (Å²) in [5.74, 6) is 0.307. The van der Waals surface area contributed by atoms with Crippen LogP contribution in [0.5, 0.6) is 0 Å². The third kappa shape index (κ3) is 9.19. The minimum atomic E-state index is 0. The molecule has 0 bridgehead atoms. The van der Waals surface area contributed by atoms with E-state index in [1.54, 1.807) is 6.92 Å². The smallest absolute Gasteiger partial charge is 0.177 e. The summed E-state index contributed by atoms with van der Waals surface area (Å²) in [6.07, 6.45) is 0.982. The highest BCUT2D eigenvalue weighted by Gasteiger charge is 1.80. The predicted molar refractivity (Wildman–Crippen MR) is 41.0 cm³/mol. The Hall–Kier alpha value is -0.313. The molecule has 0 aromatic rings. The Labute approximate surface area is 54.8 Å². The first-order chi connectivity index (χ1) is 3.27. The van der Waals surface area contributed by atoms with E-state index in [-0.39, 0.29) is 11.0 Å². The van der Waals surface area contributed by atoms with Crippen molar-refractivity contribution in [3.63, 3.8) is 0 Å². The van der Waals surface area contributed by atoms with Gasteiger partial charge in [0.05, 0.1) is 6.61 Å². The lowest BCUT2D eigenvalue weighted by molar-refractivity contribution is 0.299. The van der Waals surface area contributed by atoms with E-state index >= 15 is 0 Å². The highest BCUT2D eigenvalue weighted by atomic mass is 28.1. The van der Waals surface area contributed by atoms with Crippen LogP contribution in [0.4, 0.5) is 0 Å². The van der Waals surface area contributed by atoms with Gasteiger partial charge in [0.2, 0.25) is 0 Å². The van der Waals surface area contributed by atoms with E-state index in [2.05, 4.69) is 0 Å². The van der Waals surface area contributed by atoms with Crippen molar-refractivity contribution in [2.45, 2.75) is 20.3 Å². The molecule has 0 radical (unpaired) electrons. The van der Waals surface area contributed by atoms with Gasteiger partial charge in [-0.15, -0.1) is 0 Å². The third-order valence-corrected chi connectivity index (χ3v) is 0.523. The van der Waals surface area contributed by atoms with Gasteiger partial charge in [0.15, 0.2) is 5.90 Å². The van der Waals surface area contributed by atoms with E-state index in [1.165, 1.54) is 0 Å². The predicted octanol–water partition coefficient (Wildman–Crippen LogP) is -0.0414. The molecule has 0 atom stereocenters. The van der Waals surface area contributed by atoms with Crippen molar-refractivity contribution in [3.05, 3.63) is 0 Å². The van der Waals surface area contributed by atoms with E-state index in [0.717, 1.165) is 6.42 Å². The quantitative estimate of drug-likeness (QED) is 0.320. The summed E-state index contributed by atoms with van der Waals surface area (Å²) in [7, 11) is 0. The summed E-state index contributed by atoms with van der Waals surface area (Å²) < 4.78 is 4.77. The van der Waals surface area contributed by atoms with Gasteiger partial charge >= 0.3 is 0 Å². The molecule has 0 aliphatic rings. The molecule has 0 amide bonds. The zero-order chi connectivity index (χ0) is 5.70. The van der Waals surface area contributed by atoms with Crippen LogP contribution >= 0.6 is 0 Å². The average molecular weight is 133 g/mol. The van der Waals surface area contributed by atoms with Crippen molar-refractivity contribution in [3.8, 4) is 0 Å². The molecule has 3 heteroatoms. The van der Waals surface area contributed by atoms with Crippen LogP contribution in [0.15, 0.2) is 0 Å². The highest BCUT2D eigenvalue weighted by molar-refractivity contribution is 5.75. The second kappa shape index (κ2) is 6.69. The monoisotopic (exact) mass is 133 g/mol. The van der Waals surface area contributed by atoms with E-state index in [9.17, 15) is 0 Å². The van der Waals surface area contributed by atoms with Crippen molar-refractivity contribution in [2.24, 2.45) is 0 Å². The molecule has 2 nitrogen and oxygen atoms in total. The van der Waals surface area contributed by atoms with Gasteiger partial charge in [-0.2, -0.15) is 0 Å². The van der Waals surface area contributed by atoms with Crippen LogP contribution in [-0.4, -0.2) is 23.5 Å². The molecule has 0 fully saturated rings. The Bertz CT molecular complexity index is 65.4. The maximum Gasteiger partial charge on any atom is 0.177 e. The molecule has 0 spiro atoms. The van der Waals surface area contributed by atoms with E-state index in [4.69, 9.17) is 10.1 Å². The zero-order valence-electron chi connectivity index (χ0n) is 4.82. The maximum atomic E-state index is 6.78. The number of hydrogen-bond donors (Lipinski definition) is 1. The summed E-state index contributed by atoms with van der Waals surface area (Å²) in [5.41, 5.74) is 0. The fourth-order valence-corrected chi connectivity index (χ4v) is 0.255. The molecular formula is C5H15NOSi. The van der Waals surface area contributed by atoms with Gasteiger partial charge in [-0.25, -0.2) is 0 Å². The molecule has 50 valence electrons. The second-order valence-electron chi connectivity index (χ2n) is 1.40. The molecule has 0 heterocycles. The van der Waals surface area contributed by atoms with Crippen molar-refractivity contribution in [1.29, 1.82) is 5.41 Å². The minimum Gasteiger partial charge on any atom is -0.481 e. The molecule has 0 rings (SSSR count). The van der Waals surface area contributed by atoms with Crippen LogP contribution in [0.1, 0.15) is 20.3 Å². The summed E-state index contributed by atoms with van der Waals surface area (Å²) in [5, 5.41) is 6.78. The van der Waals surface area contributed by atoms with Gasteiger partial charge in [-0.1, -0.05) is 6.92 Å². The summed E-state index contributed by atoms with van der Waals surface area (Å²) in [4.78, 5) is 0. The summed E-state index contributed by atoms with van der Waals surface area (Å²) in [6, 6.07) is 0. The number of ether oxygens (including phenoxy) is 1. The molecule has 0 unspecified atom stereocenters. The standard InChI is InChI=1S/C5H11NO.H4Si/c1-3-4-7-5(2)6;/h6H,3-4H2,1-2H3;1H4. The van der Waals surface area contributed by atoms with Crippen molar-refractivity contribution >= 4 is 16.9 Å². The van der Waals surface area contributed by atoms with Gasteiger partial charge in [-0.05, 0) is 17.4 Å². The lowest BCUT2D eigenvalue weighted by Crippen LogP contribution is -1.97. The number of hydrogen-bond acceptors (Lipinski definition) is 2. The highest BCUT2D eigenvalue weighted by Crippen LogP contribution is 1.79. The Morgan fingerprint density at radius 2 is 2.12 bits per heavy atom. The van der Waals surface area contributed by atoms with E-state index < -0.39 is 0 Å². The first kappa shape index (κ1) is 10.6. The SMILES string of the molecule is CCCOC(C)=N.[SiH4]. The molecule has 0 aliphatic heterocycles. The molecule has 0 saturated carbocycles. The van der Waals surface area contributed by atoms with Crippen molar-refractivity contribution in [2.75, 3.05) is 6.61 Å². The summed E-state index contributed by atoms with van der Waals surface area (Å²) in [6.45, 7) is 4.33. The fourth-order valence-electron chi connectivity index (χ4n) is 0.255. The van der Waals surface area contributed by atoms with Crippen LogP contribution in [0, 0.1) is 5.41 Å². The number of nitrogens with one attached hydrogen (secondary N) is 1. The first-order valence-corrected chi connectivity index (χ1v) is 2.45. The molecule has 0 aromatic heterocycles. The average Bonchev–Trinajstić information content (AvgIpc) is 1.61. The topological polar surface area (TPSA) is 33.1 Å². The Kier molecular flexibility index (Phi) is 8.88.